The topological polar surface area (TPSA) is 92.4 Å². The maximum absolute atomic E-state index is 11.1. The fraction of sp³-hybridized carbons (Fsp3) is 0.333. The molecule has 2 heterocycles. The first-order valence-electron chi connectivity index (χ1n) is 8.46. The molecule has 1 saturated carbocycles. The minimum atomic E-state index is -0.688. The number of carboxylic acids is 1. The molecule has 3 aromatic rings. The van der Waals surface area contributed by atoms with Gasteiger partial charge in [0.05, 0.1) is 11.6 Å². The van der Waals surface area contributed by atoms with E-state index in [0.29, 0.717) is 18.6 Å². The molecule has 0 spiro atoms. The van der Waals surface area contributed by atoms with Crippen molar-refractivity contribution < 1.29 is 9.90 Å². The van der Waals surface area contributed by atoms with Crippen molar-refractivity contribution in [3.63, 3.8) is 0 Å². The van der Waals surface area contributed by atoms with E-state index in [1.807, 2.05) is 36.4 Å². The third-order valence-corrected chi connectivity index (χ3v) is 4.75. The van der Waals surface area contributed by atoms with Crippen LogP contribution >= 0.6 is 0 Å². The number of benzene rings is 1. The first kappa shape index (κ1) is 15.6. The highest BCUT2D eigenvalue weighted by Crippen LogP contribution is 2.28. The molecule has 25 heavy (non-hydrogen) atoms. The highest BCUT2D eigenvalue weighted by Gasteiger charge is 2.26. The maximum atomic E-state index is 11.1. The lowest BCUT2D eigenvalue weighted by atomic mass is 9.86. The lowest BCUT2D eigenvalue weighted by Gasteiger charge is -2.27. The van der Waals surface area contributed by atoms with Crippen LogP contribution in [0.15, 0.2) is 42.7 Å². The average Bonchev–Trinajstić information content (AvgIpc) is 3.12. The molecule has 2 aromatic heterocycles. The van der Waals surface area contributed by atoms with Gasteiger partial charge in [0.25, 0.3) is 5.78 Å². The van der Waals surface area contributed by atoms with Crippen molar-refractivity contribution in [1.29, 1.82) is 0 Å². The molecule has 0 radical (unpaired) electrons. The van der Waals surface area contributed by atoms with Crippen LogP contribution in [0.2, 0.25) is 0 Å². The summed E-state index contributed by atoms with van der Waals surface area (Å²) >= 11 is 0. The molecule has 0 unspecified atom stereocenters. The van der Waals surface area contributed by atoms with Crippen molar-refractivity contribution in [2.75, 3.05) is 5.32 Å². The number of hydrogen-bond acceptors (Lipinski definition) is 5. The largest absolute Gasteiger partial charge is 0.481 e. The first-order valence-corrected chi connectivity index (χ1v) is 8.46. The van der Waals surface area contributed by atoms with Crippen LogP contribution in [0.25, 0.3) is 17.0 Å². The van der Waals surface area contributed by atoms with Gasteiger partial charge in [-0.15, -0.1) is 0 Å². The lowest BCUT2D eigenvalue weighted by Crippen LogP contribution is -2.30. The predicted octanol–water partition coefficient (Wildman–Crippen LogP) is 2.85. The maximum Gasteiger partial charge on any atom is 0.306 e. The minimum absolute atomic E-state index is 0.221. The Morgan fingerprint density at radius 2 is 1.92 bits per heavy atom. The molecule has 1 aromatic carbocycles. The molecule has 4 rings (SSSR count). The molecule has 1 aliphatic rings. The number of nitrogens with zero attached hydrogens (tertiary/aromatic N) is 4. The fourth-order valence-corrected chi connectivity index (χ4v) is 3.37. The number of carboxylic acid groups (broad SMARTS) is 1. The van der Waals surface area contributed by atoms with Crippen LogP contribution in [0.1, 0.15) is 25.7 Å². The number of carbonyl (C=O) groups is 1. The molecular formula is C18H19N5O2. The van der Waals surface area contributed by atoms with Crippen LogP contribution in [0.3, 0.4) is 0 Å². The summed E-state index contributed by atoms with van der Waals surface area (Å²) < 4.78 is 1.69. The normalized spacial score (nSPS) is 20.5. The number of hydrogen-bond donors (Lipinski definition) is 2. The van der Waals surface area contributed by atoms with E-state index in [0.717, 1.165) is 29.9 Å². The van der Waals surface area contributed by atoms with Crippen LogP contribution in [-0.4, -0.2) is 36.7 Å². The zero-order valence-corrected chi connectivity index (χ0v) is 13.7. The third kappa shape index (κ3) is 3.17. The standard InChI is InChI=1S/C18H19N5O2/c24-17(25)13-6-8-14(9-7-13)21-16-10-15(12-4-2-1-3-5-12)22-18-19-11-20-23(16)18/h1-5,10-11,13-14,21H,6-9H2,(H,24,25). The molecule has 7 nitrogen and oxygen atoms in total. The summed E-state index contributed by atoms with van der Waals surface area (Å²) in [5.74, 6) is 0.470. The van der Waals surface area contributed by atoms with Crippen molar-refractivity contribution >= 4 is 17.6 Å². The Kier molecular flexibility index (Phi) is 4.05. The van der Waals surface area contributed by atoms with Gasteiger partial charge in [0, 0.05) is 17.7 Å². The molecule has 0 aliphatic heterocycles. The van der Waals surface area contributed by atoms with Crippen molar-refractivity contribution in [1.82, 2.24) is 19.6 Å². The Morgan fingerprint density at radius 3 is 2.64 bits per heavy atom. The monoisotopic (exact) mass is 337 g/mol. The number of nitrogens with one attached hydrogen (secondary N) is 1. The van der Waals surface area contributed by atoms with E-state index < -0.39 is 5.97 Å². The highest BCUT2D eigenvalue weighted by atomic mass is 16.4. The molecule has 1 aliphatic carbocycles. The minimum Gasteiger partial charge on any atom is -0.481 e. The van der Waals surface area contributed by atoms with Gasteiger partial charge in [-0.25, -0.2) is 4.98 Å². The number of aromatic nitrogens is 4. The number of fused-ring (bicyclic) bond motifs is 1. The van der Waals surface area contributed by atoms with E-state index in [9.17, 15) is 4.79 Å². The molecule has 0 bridgehead atoms. The smallest absolute Gasteiger partial charge is 0.306 e. The molecule has 7 heteroatoms. The highest BCUT2D eigenvalue weighted by molar-refractivity contribution is 5.70. The lowest BCUT2D eigenvalue weighted by molar-refractivity contribution is -0.142. The van der Waals surface area contributed by atoms with Crippen LogP contribution in [0.5, 0.6) is 0 Å². The summed E-state index contributed by atoms with van der Waals surface area (Å²) in [5.41, 5.74) is 1.86. The van der Waals surface area contributed by atoms with Gasteiger partial charge in [0.1, 0.15) is 12.1 Å². The Balaban J connectivity index is 1.61. The third-order valence-electron chi connectivity index (χ3n) is 4.75. The molecule has 0 amide bonds. The zero-order valence-electron chi connectivity index (χ0n) is 13.7. The summed E-state index contributed by atoms with van der Waals surface area (Å²) in [6, 6.07) is 12.2. The fourth-order valence-electron chi connectivity index (χ4n) is 3.37. The SMILES string of the molecule is O=C(O)C1CCC(Nc2cc(-c3ccccc3)nc3ncnn23)CC1. The van der Waals surface area contributed by atoms with Crippen molar-refractivity contribution in [2.24, 2.45) is 5.92 Å². The number of anilines is 1. The molecule has 128 valence electrons. The van der Waals surface area contributed by atoms with Gasteiger partial charge in [0.2, 0.25) is 0 Å². The van der Waals surface area contributed by atoms with Crippen LogP contribution < -0.4 is 5.32 Å². The molecule has 1 fully saturated rings. The van der Waals surface area contributed by atoms with Crippen LogP contribution in [0.4, 0.5) is 5.82 Å². The van der Waals surface area contributed by atoms with Crippen LogP contribution in [0, 0.1) is 5.92 Å². The van der Waals surface area contributed by atoms with E-state index in [-0.39, 0.29) is 12.0 Å². The summed E-state index contributed by atoms with van der Waals surface area (Å²) in [4.78, 5) is 19.9. The molecular weight excluding hydrogens is 318 g/mol. The second-order valence-electron chi connectivity index (χ2n) is 6.40. The zero-order chi connectivity index (χ0) is 17.2. The Morgan fingerprint density at radius 1 is 1.16 bits per heavy atom. The van der Waals surface area contributed by atoms with Gasteiger partial charge in [-0.3, -0.25) is 4.79 Å². The summed E-state index contributed by atoms with van der Waals surface area (Å²) in [7, 11) is 0. The van der Waals surface area contributed by atoms with Gasteiger partial charge < -0.3 is 10.4 Å². The van der Waals surface area contributed by atoms with Crippen molar-refractivity contribution in [2.45, 2.75) is 31.7 Å². The van der Waals surface area contributed by atoms with Crippen molar-refractivity contribution in [3.8, 4) is 11.3 Å². The average molecular weight is 337 g/mol. The Labute approximate surface area is 144 Å². The van der Waals surface area contributed by atoms with Gasteiger partial charge in [-0.2, -0.15) is 14.6 Å². The summed E-state index contributed by atoms with van der Waals surface area (Å²) in [6.07, 6.45) is 4.55. The Bertz CT molecular complexity index is 885. The first-order chi connectivity index (χ1) is 12.2. The predicted molar refractivity (Wildman–Crippen MR) is 93.2 cm³/mol. The quantitative estimate of drug-likeness (QED) is 0.760. The van der Waals surface area contributed by atoms with Gasteiger partial charge in [0.15, 0.2) is 0 Å². The molecule has 2 N–H and O–H groups in total. The Hall–Kier alpha value is -2.96. The van der Waals surface area contributed by atoms with Gasteiger partial charge in [-0.1, -0.05) is 30.3 Å². The van der Waals surface area contributed by atoms with E-state index >= 15 is 0 Å². The van der Waals surface area contributed by atoms with E-state index in [1.165, 1.54) is 6.33 Å². The number of rotatable bonds is 4. The summed E-state index contributed by atoms with van der Waals surface area (Å²) in [6.45, 7) is 0. The molecule has 0 atom stereocenters. The van der Waals surface area contributed by atoms with Gasteiger partial charge >= 0.3 is 5.97 Å². The second kappa shape index (κ2) is 6.51. The number of aliphatic carboxylic acids is 1. The van der Waals surface area contributed by atoms with E-state index in [1.54, 1.807) is 4.52 Å². The molecule has 0 saturated heterocycles. The second-order valence-corrected chi connectivity index (χ2v) is 6.40. The summed E-state index contributed by atoms with van der Waals surface area (Å²) in [5, 5.41) is 16.9. The van der Waals surface area contributed by atoms with Gasteiger partial charge in [-0.05, 0) is 25.7 Å². The van der Waals surface area contributed by atoms with E-state index in [4.69, 9.17) is 5.11 Å². The van der Waals surface area contributed by atoms with Crippen molar-refractivity contribution in [3.05, 3.63) is 42.7 Å². The van der Waals surface area contributed by atoms with E-state index in [2.05, 4.69) is 20.4 Å². The van der Waals surface area contributed by atoms with Crippen LogP contribution in [-0.2, 0) is 4.79 Å².